The first-order chi connectivity index (χ1) is 8.18. The molecular formula is C14H19F2N. The van der Waals surface area contributed by atoms with Crippen molar-refractivity contribution in [3.8, 4) is 0 Å². The summed E-state index contributed by atoms with van der Waals surface area (Å²) >= 11 is 0. The van der Waals surface area contributed by atoms with Gasteiger partial charge in [0.1, 0.15) is 0 Å². The lowest BCUT2D eigenvalue weighted by Crippen LogP contribution is -2.27. The van der Waals surface area contributed by atoms with E-state index in [4.69, 9.17) is 0 Å². The molecule has 94 valence electrons. The fraction of sp³-hybridized carbons (Fsp3) is 0.571. The van der Waals surface area contributed by atoms with Crippen LogP contribution < -0.4 is 4.90 Å². The molecule has 1 saturated carbocycles. The minimum atomic E-state index is -0.766. The lowest BCUT2D eigenvalue weighted by atomic mass is 9.89. The van der Waals surface area contributed by atoms with Gasteiger partial charge in [-0.25, -0.2) is 8.78 Å². The van der Waals surface area contributed by atoms with Gasteiger partial charge in [-0.2, -0.15) is 0 Å². The van der Waals surface area contributed by atoms with Gasteiger partial charge in [0.05, 0.1) is 5.69 Å². The van der Waals surface area contributed by atoms with E-state index in [1.165, 1.54) is 32.1 Å². The molecule has 0 amide bonds. The summed E-state index contributed by atoms with van der Waals surface area (Å²) in [6, 6.07) is 4.36. The molecule has 1 nitrogen and oxygen atoms in total. The highest BCUT2D eigenvalue weighted by Crippen LogP contribution is 2.27. The van der Waals surface area contributed by atoms with Gasteiger partial charge in [-0.05, 0) is 30.9 Å². The molecule has 0 aliphatic heterocycles. The van der Waals surface area contributed by atoms with E-state index >= 15 is 0 Å². The predicted octanol–water partition coefficient (Wildman–Crippen LogP) is 3.98. The zero-order valence-electron chi connectivity index (χ0n) is 10.3. The molecule has 0 radical (unpaired) electrons. The van der Waals surface area contributed by atoms with Gasteiger partial charge in [-0.3, -0.25) is 0 Å². The normalized spacial score (nSPS) is 17.1. The van der Waals surface area contributed by atoms with Crippen molar-refractivity contribution in [2.75, 3.05) is 18.5 Å². The van der Waals surface area contributed by atoms with Crippen LogP contribution in [0, 0.1) is 17.6 Å². The van der Waals surface area contributed by atoms with Crippen LogP contribution in [-0.2, 0) is 0 Å². The molecule has 0 bridgehead atoms. The molecule has 1 aliphatic rings. The van der Waals surface area contributed by atoms with E-state index < -0.39 is 11.6 Å². The molecule has 0 aromatic heterocycles. The van der Waals surface area contributed by atoms with E-state index in [9.17, 15) is 8.78 Å². The fourth-order valence-corrected chi connectivity index (χ4v) is 2.64. The average Bonchev–Trinajstić information content (AvgIpc) is 2.34. The zero-order valence-corrected chi connectivity index (χ0v) is 10.3. The van der Waals surface area contributed by atoms with Gasteiger partial charge in [-0.15, -0.1) is 0 Å². The van der Waals surface area contributed by atoms with E-state index in [2.05, 4.69) is 0 Å². The zero-order chi connectivity index (χ0) is 12.3. The molecule has 3 heteroatoms. The topological polar surface area (TPSA) is 3.24 Å². The highest BCUT2D eigenvalue weighted by atomic mass is 19.2. The monoisotopic (exact) mass is 239 g/mol. The second kappa shape index (κ2) is 5.48. The molecule has 0 N–H and O–H groups in total. The molecule has 0 spiro atoms. The summed E-state index contributed by atoms with van der Waals surface area (Å²) in [5, 5.41) is 0. The lowest BCUT2D eigenvalue weighted by Gasteiger charge is -2.28. The van der Waals surface area contributed by atoms with Crippen LogP contribution in [0.1, 0.15) is 32.1 Å². The first-order valence-corrected chi connectivity index (χ1v) is 6.33. The van der Waals surface area contributed by atoms with Crippen molar-refractivity contribution in [1.82, 2.24) is 0 Å². The largest absolute Gasteiger partial charge is 0.372 e. The van der Waals surface area contributed by atoms with E-state index in [0.29, 0.717) is 11.6 Å². The van der Waals surface area contributed by atoms with Crippen LogP contribution in [0.25, 0.3) is 0 Å². The molecule has 1 aliphatic carbocycles. The number of rotatable bonds is 3. The maximum absolute atomic E-state index is 13.6. The van der Waals surface area contributed by atoms with Gasteiger partial charge in [0, 0.05) is 13.6 Å². The van der Waals surface area contributed by atoms with Crippen LogP contribution in [-0.4, -0.2) is 13.6 Å². The van der Waals surface area contributed by atoms with Crippen molar-refractivity contribution in [1.29, 1.82) is 0 Å². The Bertz CT molecular complexity index is 372. The van der Waals surface area contributed by atoms with Gasteiger partial charge in [0.2, 0.25) is 0 Å². The van der Waals surface area contributed by atoms with Crippen LogP contribution in [0.5, 0.6) is 0 Å². The molecular weight excluding hydrogens is 220 g/mol. The smallest absolute Gasteiger partial charge is 0.182 e. The van der Waals surface area contributed by atoms with E-state index in [0.717, 1.165) is 12.6 Å². The Hall–Kier alpha value is -1.12. The van der Waals surface area contributed by atoms with E-state index in [-0.39, 0.29) is 0 Å². The highest BCUT2D eigenvalue weighted by molar-refractivity contribution is 5.47. The Morgan fingerprint density at radius 1 is 1.18 bits per heavy atom. The molecule has 1 aromatic carbocycles. The molecule has 0 saturated heterocycles. The van der Waals surface area contributed by atoms with Crippen molar-refractivity contribution in [2.24, 2.45) is 5.92 Å². The fourth-order valence-electron chi connectivity index (χ4n) is 2.64. The van der Waals surface area contributed by atoms with Crippen LogP contribution in [0.4, 0.5) is 14.5 Å². The van der Waals surface area contributed by atoms with Gasteiger partial charge in [-0.1, -0.05) is 25.3 Å². The molecule has 2 rings (SSSR count). The molecule has 0 unspecified atom stereocenters. The third-order valence-electron chi connectivity index (χ3n) is 3.60. The number of benzene rings is 1. The second-order valence-electron chi connectivity index (χ2n) is 4.96. The minimum Gasteiger partial charge on any atom is -0.372 e. The van der Waals surface area contributed by atoms with Gasteiger partial charge >= 0.3 is 0 Å². The summed E-state index contributed by atoms with van der Waals surface area (Å²) in [4.78, 5) is 1.84. The SMILES string of the molecule is CN(CC1CCCCC1)c1cccc(F)c1F. The number of anilines is 1. The van der Waals surface area contributed by atoms with E-state index in [1.807, 2.05) is 11.9 Å². The van der Waals surface area contributed by atoms with Gasteiger partial charge < -0.3 is 4.90 Å². The standard InChI is InChI=1S/C14H19F2N/c1-17(10-11-6-3-2-4-7-11)13-9-5-8-12(15)14(13)16/h5,8-9,11H,2-4,6-7,10H2,1H3. The maximum atomic E-state index is 13.6. The van der Waals surface area contributed by atoms with Crippen molar-refractivity contribution in [3.63, 3.8) is 0 Å². The summed E-state index contributed by atoms with van der Waals surface area (Å²) < 4.78 is 26.7. The van der Waals surface area contributed by atoms with Crippen molar-refractivity contribution in [2.45, 2.75) is 32.1 Å². The van der Waals surface area contributed by atoms with Crippen LogP contribution >= 0.6 is 0 Å². The minimum absolute atomic E-state index is 0.371. The Balaban J connectivity index is 2.03. The molecule has 17 heavy (non-hydrogen) atoms. The molecule has 0 atom stereocenters. The van der Waals surface area contributed by atoms with E-state index in [1.54, 1.807) is 12.1 Å². The Morgan fingerprint density at radius 3 is 2.59 bits per heavy atom. The molecule has 1 aromatic rings. The van der Waals surface area contributed by atoms with Crippen LogP contribution in [0.3, 0.4) is 0 Å². The number of nitrogens with zero attached hydrogens (tertiary/aromatic N) is 1. The summed E-state index contributed by atoms with van der Waals surface area (Å²) in [7, 11) is 1.84. The Kier molecular flexibility index (Phi) is 3.97. The third-order valence-corrected chi connectivity index (χ3v) is 3.60. The second-order valence-corrected chi connectivity index (χ2v) is 4.96. The first kappa shape index (κ1) is 12.3. The Morgan fingerprint density at radius 2 is 1.88 bits per heavy atom. The van der Waals surface area contributed by atoms with Crippen molar-refractivity contribution < 1.29 is 8.78 Å². The third kappa shape index (κ3) is 2.96. The summed E-state index contributed by atoms with van der Waals surface area (Å²) in [6.45, 7) is 0.820. The summed E-state index contributed by atoms with van der Waals surface area (Å²) in [5.74, 6) is -0.875. The lowest BCUT2D eigenvalue weighted by molar-refractivity contribution is 0.361. The average molecular weight is 239 g/mol. The number of hydrogen-bond donors (Lipinski definition) is 0. The molecule has 1 fully saturated rings. The number of halogens is 2. The van der Waals surface area contributed by atoms with Gasteiger partial charge in [0.15, 0.2) is 11.6 Å². The first-order valence-electron chi connectivity index (χ1n) is 6.33. The highest BCUT2D eigenvalue weighted by Gasteiger charge is 2.18. The number of hydrogen-bond acceptors (Lipinski definition) is 1. The van der Waals surface area contributed by atoms with Crippen LogP contribution in [0.15, 0.2) is 18.2 Å². The van der Waals surface area contributed by atoms with Crippen LogP contribution in [0.2, 0.25) is 0 Å². The van der Waals surface area contributed by atoms with Crippen molar-refractivity contribution in [3.05, 3.63) is 29.8 Å². The van der Waals surface area contributed by atoms with Crippen molar-refractivity contribution >= 4 is 5.69 Å². The maximum Gasteiger partial charge on any atom is 0.182 e. The van der Waals surface area contributed by atoms with Gasteiger partial charge in [0.25, 0.3) is 0 Å². The predicted molar refractivity (Wildman–Crippen MR) is 66.2 cm³/mol. The molecule has 0 heterocycles. The summed E-state index contributed by atoms with van der Waals surface area (Å²) in [5.41, 5.74) is 0.371. The summed E-state index contributed by atoms with van der Waals surface area (Å²) in [6.07, 6.45) is 6.27. The Labute approximate surface area is 101 Å². The quantitative estimate of drug-likeness (QED) is 0.771.